The smallest absolute Gasteiger partial charge is 0.221 e. The number of ether oxygens (including phenoxy) is 1. The van der Waals surface area contributed by atoms with Gasteiger partial charge < -0.3 is 15.4 Å². The summed E-state index contributed by atoms with van der Waals surface area (Å²) in [6.07, 6.45) is 2.19. The molecule has 1 saturated heterocycles. The van der Waals surface area contributed by atoms with Crippen LogP contribution in [0.5, 0.6) is 5.75 Å². The van der Waals surface area contributed by atoms with Crippen LogP contribution in [-0.4, -0.2) is 26.1 Å². The second-order valence-electron chi connectivity index (χ2n) is 4.63. The van der Waals surface area contributed by atoms with Gasteiger partial charge in [0.2, 0.25) is 5.91 Å². The summed E-state index contributed by atoms with van der Waals surface area (Å²) in [5, 5.41) is 6.26. The molecule has 1 aliphatic rings. The van der Waals surface area contributed by atoms with Crippen LogP contribution in [0.3, 0.4) is 0 Å². The summed E-state index contributed by atoms with van der Waals surface area (Å²) in [5.74, 6) is 1.17. The van der Waals surface area contributed by atoms with Crippen LogP contribution in [0.15, 0.2) is 18.2 Å². The first-order chi connectivity index (χ1) is 8.72. The number of rotatable bonds is 3. The maximum Gasteiger partial charge on any atom is 0.221 e. The Balaban J connectivity index is 2.34. The maximum atomic E-state index is 11.3. The van der Waals surface area contributed by atoms with Crippen molar-refractivity contribution in [3.8, 4) is 5.75 Å². The van der Waals surface area contributed by atoms with Gasteiger partial charge in [-0.05, 0) is 43.5 Å². The minimum absolute atomic E-state index is 0.0605. The van der Waals surface area contributed by atoms with Gasteiger partial charge in [-0.1, -0.05) is 12.1 Å². The molecule has 1 aliphatic heterocycles. The lowest BCUT2D eigenvalue weighted by atomic mass is 9.89. The number of piperidine rings is 1. The van der Waals surface area contributed by atoms with E-state index in [1.165, 1.54) is 12.5 Å². The highest BCUT2D eigenvalue weighted by molar-refractivity contribution is 5.91. The number of hydrogen-bond acceptors (Lipinski definition) is 3. The lowest BCUT2D eigenvalue weighted by molar-refractivity contribution is -0.114. The topological polar surface area (TPSA) is 50.4 Å². The van der Waals surface area contributed by atoms with E-state index in [2.05, 4.69) is 16.7 Å². The van der Waals surface area contributed by atoms with E-state index in [4.69, 9.17) is 4.74 Å². The molecule has 0 spiro atoms. The Morgan fingerprint density at radius 2 is 2.11 bits per heavy atom. The van der Waals surface area contributed by atoms with Gasteiger partial charge in [0.05, 0.1) is 12.8 Å². The van der Waals surface area contributed by atoms with Crippen LogP contribution in [0.25, 0.3) is 0 Å². The SMILES string of the molecule is COc1cccc(C2CCNCC2)c1NC(C)=O. The number of benzene rings is 1. The molecule has 1 amide bonds. The van der Waals surface area contributed by atoms with Crippen molar-refractivity contribution in [2.24, 2.45) is 0 Å². The van der Waals surface area contributed by atoms with Crippen molar-refractivity contribution in [2.75, 3.05) is 25.5 Å². The lowest BCUT2D eigenvalue weighted by Gasteiger charge is -2.26. The van der Waals surface area contributed by atoms with E-state index in [1.54, 1.807) is 7.11 Å². The van der Waals surface area contributed by atoms with E-state index < -0.39 is 0 Å². The molecule has 0 saturated carbocycles. The normalized spacial score (nSPS) is 16.3. The van der Waals surface area contributed by atoms with Crippen LogP contribution in [-0.2, 0) is 4.79 Å². The highest BCUT2D eigenvalue weighted by Gasteiger charge is 2.20. The molecule has 0 bridgehead atoms. The van der Waals surface area contributed by atoms with E-state index in [1.807, 2.05) is 12.1 Å². The fourth-order valence-corrected chi connectivity index (χ4v) is 2.50. The van der Waals surface area contributed by atoms with Crippen molar-refractivity contribution in [2.45, 2.75) is 25.7 Å². The largest absolute Gasteiger partial charge is 0.495 e. The molecule has 18 heavy (non-hydrogen) atoms. The van der Waals surface area contributed by atoms with Crippen LogP contribution < -0.4 is 15.4 Å². The molecule has 1 heterocycles. The molecular formula is C14H20N2O2. The molecule has 4 heteroatoms. The van der Waals surface area contributed by atoms with Crippen LogP contribution in [0, 0.1) is 0 Å². The Bertz CT molecular complexity index is 426. The Morgan fingerprint density at radius 3 is 2.72 bits per heavy atom. The van der Waals surface area contributed by atoms with E-state index >= 15 is 0 Å². The van der Waals surface area contributed by atoms with Crippen LogP contribution in [0.4, 0.5) is 5.69 Å². The molecule has 0 radical (unpaired) electrons. The molecule has 1 aromatic rings. The maximum absolute atomic E-state index is 11.3. The zero-order valence-corrected chi connectivity index (χ0v) is 11.0. The van der Waals surface area contributed by atoms with Crippen LogP contribution in [0.1, 0.15) is 31.2 Å². The van der Waals surface area contributed by atoms with E-state index in [0.29, 0.717) is 5.92 Å². The van der Waals surface area contributed by atoms with Gasteiger partial charge in [0.15, 0.2) is 0 Å². The van der Waals surface area contributed by atoms with E-state index in [0.717, 1.165) is 37.4 Å². The Hall–Kier alpha value is -1.55. The molecular weight excluding hydrogens is 228 g/mol. The monoisotopic (exact) mass is 248 g/mol. The number of nitrogens with one attached hydrogen (secondary N) is 2. The fourth-order valence-electron chi connectivity index (χ4n) is 2.50. The Morgan fingerprint density at radius 1 is 1.39 bits per heavy atom. The van der Waals surface area contributed by atoms with Crippen molar-refractivity contribution in [1.82, 2.24) is 5.32 Å². The molecule has 98 valence electrons. The molecule has 0 aromatic heterocycles. The highest BCUT2D eigenvalue weighted by Crippen LogP contribution is 2.36. The summed E-state index contributed by atoms with van der Waals surface area (Å²) in [6.45, 7) is 3.58. The summed E-state index contributed by atoms with van der Waals surface area (Å²) in [7, 11) is 1.63. The van der Waals surface area contributed by atoms with Crippen LogP contribution in [0.2, 0.25) is 0 Å². The second-order valence-corrected chi connectivity index (χ2v) is 4.63. The zero-order chi connectivity index (χ0) is 13.0. The Labute approximate surface area is 108 Å². The van der Waals surface area contributed by atoms with Crippen molar-refractivity contribution < 1.29 is 9.53 Å². The quantitative estimate of drug-likeness (QED) is 0.861. The number of para-hydroxylation sites is 1. The minimum Gasteiger partial charge on any atom is -0.495 e. The Kier molecular flexibility index (Phi) is 4.20. The van der Waals surface area contributed by atoms with E-state index in [-0.39, 0.29) is 5.91 Å². The van der Waals surface area contributed by atoms with Crippen molar-refractivity contribution >= 4 is 11.6 Å². The van der Waals surface area contributed by atoms with Crippen molar-refractivity contribution in [3.63, 3.8) is 0 Å². The summed E-state index contributed by atoms with van der Waals surface area (Å²) >= 11 is 0. The molecule has 4 nitrogen and oxygen atoms in total. The number of carbonyl (C=O) groups excluding carboxylic acids is 1. The number of amides is 1. The molecule has 0 atom stereocenters. The number of carbonyl (C=O) groups is 1. The highest BCUT2D eigenvalue weighted by atomic mass is 16.5. The number of anilines is 1. The fraction of sp³-hybridized carbons (Fsp3) is 0.500. The summed E-state index contributed by atoms with van der Waals surface area (Å²) in [4.78, 5) is 11.3. The molecule has 1 fully saturated rings. The average Bonchev–Trinajstić information content (AvgIpc) is 2.39. The first-order valence-electron chi connectivity index (χ1n) is 6.37. The molecule has 2 rings (SSSR count). The van der Waals surface area contributed by atoms with E-state index in [9.17, 15) is 4.79 Å². The van der Waals surface area contributed by atoms with Gasteiger partial charge in [0.25, 0.3) is 0 Å². The molecule has 0 unspecified atom stereocenters. The third-order valence-electron chi connectivity index (χ3n) is 3.36. The molecule has 2 N–H and O–H groups in total. The lowest BCUT2D eigenvalue weighted by Crippen LogP contribution is -2.27. The first kappa shape index (κ1) is 12.9. The summed E-state index contributed by atoms with van der Waals surface area (Å²) < 4.78 is 5.35. The van der Waals surface area contributed by atoms with Crippen LogP contribution >= 0.6 is 0 Å². The van der Waals surface area contributed by atoms with Gasteiger partial charge in [-0.3, -0.25) is 4.79 Å². The average molecular weight is 248 g/mol. The predicted octanol–water partition coefficient (Wildman–Crippen LogP) is 2.12. The van der Waals surface area contributed by atoms with Gasteiger partial charge in [-0.2, -0.15) is 0 Å². The molecule has 1 aromatic carbocycles. The number of hydrogen-bond donors (Lipinski definition) is 2. The first-order valence-corrected chi connectivity index (χ1v) is 6.37. The van der Waals surface area contributed by atoms with Crippen molar-refractivity contribution in [3.05, 3.63) is 23.8 Å². The second kappa shape index (κ2) is 5.87. The minimum atomic E-state index is -0.0605. The van der Waals surface area contributed by atoms with Gasteiger partial charge >= 0.3 is 0 Å². The van der Waals surface area contributed by atoms with Gasteiger partial charge in [-0.15, -0.1) is 0 Å². The predicted molar refractivity (Wildman–Crippen MR) is 72.1 cm³/mol. The zero-order valence-electron chi connectivity index (χ0n) is 11.0. The summed E-state index contributed by atoms with van der Waals surface area (Å²) in [6, 6.07) is 5.96. The third-order valence-corrected chi connectivity index (χ3v) is 3.36. The van der Waals surface area contributed by atoms with Gasteiger partial charge in [-0.25, -0.2) is 0 Å². The number of methoxy groups -OCH3 is 1. The third kappa shape index (κ3) is 2.82. The summed E-state index contributed by atoms with van der Waals surface area (Å²) in [5.41, 5.74) is 2.02. The van der Waals surface area contributed by atoms with Gasteiger partial charge in [0, 0.05) is 6.92 Å². The van der Waals surface area contributed by atoms with Crippen molar-refractivity contribution in [1.29, 1.82) is 0 Å². The standard InChI is InChI=1S/C14H20N2O2/c1-10(17)16-14-12(4-3-5-13(14)18-2)11-6-8-15-9-7-11/h3-5,11,15H,6-9H2,1-2H3,(H,16,17). The van der Waals surface area contributed by atoms with Gasteiger partial charge in [0.1, 0.15) is 5.75 Å². The molecule has 0 aliphatic carbocycles.